The van der Waals surface area contributed by atoms with Gasteiger partial charge in [0.2, 0.25) is 0 Å². The average Bonchev–Trinajstić information content (AvgIpc) is 2.47. The molecule has 3 atom stereocenters. The summed E-state index contributed by atoms with van der Waals surface area (Å²) in [5.41, 5.74) is 5.73. The van der Waals surface area contributed by atoms with Crippen molar-refractivity contribution in [3.05, 3.63) is 0 Å². The monoisotopic (exact) mass is 173 g/mol. The topological polar surface area (TPSA) is 55.5 Å². The van der Waals surface area contributed by atoms with E-state index in [9.17, 15) is 0 Å². The lowest BCUT2D eigenvalue weighted by Crippen LogP contribution is -2.20. The first-order valence-electron chi connectivity index (χ1n) is 4.70. The van der Waals surface area contributed by atoms with Gasteiger partial charge in [0.1, 0.15) is 0 Å². The van der Waals surface area contributed by atoms with Crippen LogP contribution in [-0.2, 0) is 4.74 Å². The Hall–Kier alpha value is -0.120. The van der Waals surface area contributed by atoms with Gasteiger partial charge in [0, 0.05) is 18.6 Å². The van der Waals surface area contributed by atoms with Crippen molar-refractivity contribution in [2.75, 3.05) is 13.2 Å². The molecule has 0 aromatic heterocycles. The molecule has 0 radical (unpaired) electrons. The smallest absolute Gasteiger partial charge is 0.0590 e. The van der Waals surface area contributed by atoms with Crippen molar-refractivity contribution >= 4 is 0 Å². The fourth-order valence-electron chi connectivity index (χ4n) is 1.48. The van der Waals surface area contributed by atoms with Crippen LogP contribution in [0.5, 0.6) is 0 Å². The van der Waals surface area contributed by atoms with E-state index < -0.39 is 0 Å². The molecule has 3 unspecified atom stereocenters. The zero-order valence-corrected chi connectivity index (χ0v) is 7.70. The summed E-state index contributed by atoms with van der Waals surface area (Å²) < 4.78 is 5.59. The van der Waals surface area contributed by atoms with Gasteiger partial charge < -0.3 is 15.6 Å². The molecule has 12 heavy (non-hydrogen) atoms. The Balaban J connectivity index is 2.07. The minimum absolute atomic E-state index is 0.207. The largest absolute Gasteiger partial charge is 0.396 e. The SMILES string of the molecule is CC(CO)COC1CCC(N)C1. The Morgan fingerprint density at radius 3 is 2.83 bits per heavy atom. The maximum atomic E-state index is 8.76. The molecule has 1 rings (SSSR count). The fourth-order valence-corrected chi connectivity index (χ4v) is 1.48. The molecule has 0 saturated heterocycles. The maximum absolute atomic E-state index is 8.76. The normalized spacial score (nSPS) is 32.2. The highest BCUT2D eigenvalue weighted by molar-refractivity contribution is 4.78. The molecule has 3 N–H and O–H groups in total. The lowest BCUT2D eigenvalue weighted by molar-refractivity contribution is 0.0232. The third-order valence-corrected chi connectivity index (χ3v) is 2.35. The van der Waals surface area contributed by atoms with E-state index in [1.807, 2.05) is 6.92 Å². The maximum Gasteiger partial charge on any atom is 0.0590 e. The molecule has 1 aliphatic carbocycles. The van der Waals surface area contributed by atoms with Crippen LogP contribution in [0.1, 0.15) is 26.2 Å². The molecule has 0 aromatic rings. The Morgan fingerprint density at radius 1 is 1.58 bits per heavy atom. The molecular formula is C9H19NO2. The third kappa shape index (κ3) is 3.09. The quantitative estimate of drug-likeness (QED) is 0.651. The summed E-state index contributed by atoms with van der Waals surface area (Å²) in [7, 11) is 0. The summed E-state index contributed by atoms with van der Waals surface area (Å²) in [4.78, 5) is 0. The van der Waals surface area contributed by atoms with Gasteiger partial charge in [-0.1, -0.05) is 6.92 Å². The van der Waals surface area contributed by atoms with E-state index in [2.05, 4.69) is 0 Å². The van der Waals surface area contributed by atoms with Gasteiger partial charge in [-0.2, -0.15) is 0 Å². The predicted molar refractivity (Wildman–Crippen MR) is 47.8 cm³/mol. The molecule has 3 heteroatoms. The van der Waals surface area contributed by atoms with Crippen molar-refractivity contribution in [3.63, 3.8) is 0 Å². The number of hydrogen-bond donors (Lipinski definition) is 2. The van der Waals surface area contributed by atoms with Crippen LogP contribution in [0, 0.1) is 5.92 Å². The van der Waals surface area contributed by atoms with Gasteiger partial charge in [-0.3, -0.25) is 0 Å². The number of rotatable bonds is 4. The van der Waals surface area contributed by atoms with Gasteiger partial charge >= 0.3 is 0 Å². The van der Waals surface area contributed by atoms with Crippen molar-refractivity contribution in [3.8, 4) is 0 Å². The number of nitrogens with two attached hydrogens (primary N) is 1. The van der Waals surface area contributed by atoms with Gasteiger partial charge in [0.25, 0.3) is 0 Å². The minimum atomic E-state index is 0.207. The van der Waals surface area contributed by atoms with Gasteiger partial charge in [-0.25, -0.2) is 0 Å². The van der Waals surface area contributed by atoms with Gasteiger partial charge in [0.15, 0.2) is 0 Å². The summed E-state index contributed by atoms with van der Waals surface area (Å²) in [5, 5.41) is 8.76. The van der Waals surface area contributed by atoms with Crippen molar-refractivity contribution in [1.29, 1.82) is 0 Å². The molecule has 1 aliphatic rings. The molecule has 3 nitrogen and oxygen atoms in total. The first-order valence-corrected chi connectivity index (χ1v) is 4.70. The van der Waals surface area contributed by atoms with Crippen LogP contribution in [0.3, 0.4) is 0 Å². The Morgan fingerprint density at radius 2 is 2.33 bits per heavy atom. The number of aliphatic hydroxyl groups is 1. The van der Waals surface area contributed by atoms with Crippen LogP contribution in [0.25, 0.3) is 0 Å². The van der Waals surface area contributed by atoms with Gasteiger partial charge in [-0.15, -0.1) is 0 Å². The van der Waals surface area contributed by atoms with E-state index in [4.69, 9.17) is 15.6 Å². The molecule has 1 fully saturated rings. The molecule has 0 aliphatic heterocycles. The first-order chi connectivity index (χ1) is 5.72. The van der Waals surface area contributed by atoms with E-state index in [0.29, 0.717) is 18.8 Å². The van der Waals surface area contributed by atoms with E-state index in [1.54, 1.807) is 0 Å². The van der Waals surface area contributed by atoms with Gasteiger partial charge in [0.05, 0.1) is 12.7 Å². The Kier molecular flexibility index (Phi) is 3.98. The van der Waals surface area contributed by atoms with Crippen LogP contribution in [-0.4, -0.2) is 30.5 Å². The second-order valence-electron chi connectivity index (χ2n) is 3.82. The molecule has 0 amide bonds. The summed E-state index contributed by atoms with van der Waals surface area (Å²) in [5.74, 6) is 0.252. The summed E-state index contributed by atoms with van der Waals surface area (Å²) in [6, 6.07) is 0.333. The van der Waals surface area contributed by atoms with Crippen molar-refractivity contribution < 1.29 is 9.84 Å². The van der Waals surface area contributed by atoms with Crippen LogP contribution >= 0.6 is 0 Å². The van der Waals surface area contributed by atoms with E-state index in [0.717, 1.165) is 19.3 Å². The zero-order valence-electron chi connectivity index (χ0n) is 7.70. The number of aliphatic hydroxyl groups excluding tert-OH is 1. The van der Waals surface area contributed by atoms with Crippen molar-refractivity contribution in [1.82, 2.24) is 0 Å². The summed E-state index contributed by atoms with van der Waals surface area (Å²) in [6.07, 6.45) is 3.49. The summed E-state index contributed by atoms with van der Waals surface area (Å²) >= 11 is 0. The van der Waals surface area contributed by atoms with Crippen molar-refractivity contribution in [2.45, 2.75) is 38.3 Å². The first kappa shape index (κ1) is 9.96. The molecular weight excluding hydrogens is 154 g/mol. The minimum Gasteiger partial charge on any atom is -0.396 e. The van der Waals surface area contributed by atoms with Crippen LogP contribution in [0.4, 0.5) is 0 Å². The standard InChI is InChI=1S/C9H19NO2/c1-7(5-11)6-12-9-3-2-8(10)4-9/h7-9,11H,2-6,10H2,1H3. The molecule has 72 valence electrons. The van der Waals surface area contributed by atoms with E-state index in [1.165, 1.54) is 0 Å². The van der Waals surface area contributed by atoms with E-state index >= 15 is 0 Å². The lowest BCUT2D eigenvalue weighted by atomic mass is 10.2. The van der Waals surface area contributed by atoms with Crippen molar-refractivity contribution in [2.24, 2.45) is 11.7 Å². The van der Waals surface area contributed by atoms with Gasteiger partial charge in [-0.05, 0) is 19.3 Å². The zero-order chi connectivity index (χ0) is 8.97. The lowest BCUT2D eigenvalue weighted by Gasteiger charge is -2.14. The average molecular weight is 173 g/mol. The molecule has 0 bridgehead atoms. The number of hydrogen-bond acceptors (Lipinski definition) is 3. The predicted octanol–water partition coefficient (Wildman–Crippen LogP) is 0.511. The van der Waals surface area contributed by atoms with E-state index in [-0.39, 0.29) is 12.5 Å². The highest BCUT2D eigenvalue weighted by atomic mass is 16.5. The summed E-state index contributed by atoms with van der Waals surface area (Å²) in [6.45, 7) is 2.85. The third-order valence-electron chi connectivity index (χ3n) is 2.35. The second-order valence-corrected chi connectivity index (χ2v) is 3.82. The Labute approximate surface area is 73.9 Å². The molecule has 0 aromatic carbocycles. The fraction of sp³-hybridized carbons (Fsp3) is 1.00. The number of ether oxygens (including phenoxy) is 1. The molecule has 0 spiro atoms. The highest BCUT2D eigenvalue weighted by Crippen LogP contribution is 2.20. The molecule has 1 saturated carbocycles. The molecule has 0 heterocycles. The van der Waals surface area contributed by atoms with Crippen LogP contribution in [0.2, 0.25) is 0 Å². The van der Waals surface area contributed by atoms with Crippen LogP contribution in [0.15, 0.2) is 0 Å². The van der Waals surface area contributed by atoms with Crippen LogP contribution < -0.4 is 5.73 Å². The highest BCUT2D eigenvalue weighted by Gasteiger charge is 2.22. The Bertz CT molecular complexity index is 130. The second kappa shape index (κ2) is 4.80.